The van der Waals surface area contributed by atoms with Crippen molar-refractivity contribution in [3.63, 3.8) is 0 Å². The zero-order valence-corrected chi connectivity index (χ0v) is 24.5. The molecule has 4 rings (SSSR count). The predicted molar refractivity (Wildman–Crippen MR) is 151 cm³/mol. The van der Waals surface area contributed by atoms with Crippen molar-refractivity contribution in [2.24, 2.45) is 0 Å². The van der Waals surface area contributed by atoms with E-state index >= 15 is 4.39 Å². The minimum absolute atomic E-state index is 0.0690. The molecule has 0 aromatic heterocycles. The number of hydrogen-bond acceptors (Lipinski definition) is 4. The van der Waals surface area contributed by atoms with Crippen LogP contribution in [0, 0.1) is 5.82 Å². The number of rotatable bonds is 7. The summed E-state index contributed by atoms with van der Waals surface area (Å²) in [7, 11) is 0. The highest BCUT2D eigenvalue weighted by Crippen LogP contribution is 2.41. The van der Waals surface area contributed by atoms with Crippen LogP contribution in [0.5, 0.6) is 0 Å². The van der Waals surface area contributed by atoms with E-state index in [0.717, 1.165) is 42.1 Å². The number of carbonyl (C=O) groups is 3. The van der Waals surface area contributed by atoms with Gasteiger partial charge in [0.1, 0.15) is 11.4 Å². The molecule has 7 nitrogen and oxygen atoms in total. The first-order valence-electron chi connectivity index (χ1n) is 13.6. The Morgan fingerprint density at radius 3 is 2.41 bits per heavy atom. The van der Waals surface area contributed by atoms with Crippen LogP contribution in [0.15, 0.2) is 46.9 Å². The average Bonchev–Trinajstić information content (AvgIpc) is 2.88. The highest BCUT2D eigenvalue weighted by atomic mass is 79.9. The van der Waals surface area contributed by atoms with Crippen molar-refractivity contribution in [2.45, 2.75) is 83.4 Å². The second-order valence-corrected chi connectivity index (χ2v) is 12.5. The average molecular weight is 603 g/mol. The highest BCUT2D eigenvalue weighted by molar-refractivity contribution is 9.10. The van der Waals surface area contributed by atoms with E-state index in [-0.39, 0.29) is 43.4 Å². The number of alkyl carbamates (subject to hydrolysis) is 1. The fourth-order valence-electron chi connectivity index (χ4n) is 5.44. The number of urea groups is 1. The fraction of sp³-hybridized carbons (Fsp3) is 0.500. The van der Waals surface area contributed by atoms with Crippen LogP contribution in [0.2, 0.25) is 0 Å². The first-order valence-corrected chi connectivity index (χ1v) is 14.3. The van der Waals surface area contributed by atoms with Crippen LogP contribution in [0.3, 0.4) is 0 Å². The van der Waals surface area contributed by atoms with Gasteiger partial charge in [0.05, 0.1) is 6.54 Å². The van der Waals surface area contributed by atoms with Crippen molar-refractivity contribution in [3.8, 4) is 0 Å². The number of benzene rings is 2. The van der Waals surface area contributed by atoms with Crippen molar-refractivity contribution in [3.05, 3.63) is 69.4 Å². The summed E-state index contributed by atoms with van der Waals surface area (Å²) >= 11 is 3.50. The van der Waals surface area contributed by atoms with E-state index in [1.807, 2.05) is 12.1 Å². The van der Waals surface area contributed by atoms with E-state index < -0.39 is 17.5 Å². The topological polar surface area (TPSA) is 79.0 Å². The van der Waals surface area contributed by atoms with Gasteiger partial charge in [-0.05, 0) is 62.9 Å². The SMILES string of the molecule is CC(C)(C)OC(=O)NCc1ccc(CN2CCC(=O)N(CC3(c4ccc(Br)cc4)CCCCC3)C2=O)c(F)c1. The monoisotopic (exact) mass is 601 g/mol. The third-order valence-corrected chi connectivity index (χ3v) is 7.97. The maximum atomic E-state index is 15.0. The Balaban J connectivity index is 1.44. The summed E-state index contributed by atoms with van der Waals surface area (Å²) in [5, 5.41) is 2.62. The molecule has 1 saturated carbocycles. The van der Waals surface area contributed by atoms with Gasteiger partial charge in [-0.1, -0.05) is 59.5 Å². The number of carbonyl (C=O) groups excluding carboxylic acids is 3. The third kappa shape index (κ3) is 7.38. The van der Waals surface area contributed by atoms with Gasteiger partial charge in [-0.2, -0.15) is 0 Å². The van der Waals surface area contributed by atoms with Gasteiger partial charge in [0.15, 0.2) is 0 Å². The van der Waals surface area contributed by atoms with Crippen LogP contribution in [0.25, 0.3) is 0 Å². The summed E-state index contributed by atoms with van der Waals surface area (Å²) in [6.07, 6.45) is 4.72. The highest BCUT2D eigenvalue weighted by Gasteiger charge is 2.41. The summed E-state index contributed by atoms with van der Waals surface area (Å²) in [5.41, 5.74) is 1.19. The summed E-state index contributed by atoms with van der Waals surface area (Å²) in [6, 6.07) is 12.5. The summed E-state index contributed by atoms with van der Waals surface area (Å²) in [5.74, 6) is -0.643. The Hall–Kier alpha value is -2.94. The number of imide groups is 1. The Morgan fingerprint density at radius 1 is 1.08 bits per heavy atom. The molecule has 39 heavy (non-hydrogen) atoms. The van der Waals surface area contributed by atoms with Crippen molar-refractivity contribution in [1.29, 1.82) is 0 Å². The lowest BCUT2D eigenvalue weighted by atomic mass is 9.69. The van der Waals surface area contributed by atoms with Crippen molar-refractivity contribution >= 4 is 34.0 Å². The Labute approximate surface area is 238 Å². The lowest BCUT2D eigenvalue weighted by molar-refractivity contribution is -0.132. The summed E-state index contributed by atoms with van der Waals surface area (Å²) < 4.78 is 21.2. The molecule has 0 radical (unpaired) electrons. The number of halogens is 2. The molecule has 2 fully saturated rings. The Bertz CT molecular complexity index is 1210. The second kappa shape index (κ2) is 12.1. The molecule has 0 bridgehead atoms. The van der Waals surface area contributed by atoms with Gasteiger partial charge in [-0.3, -0.25) is 9.69 Å². The molecule has 2 aromatic rings. The van der Waals surface area contributed by atoms with Gasteiger partial charge in [-0.15, -0.1) is 0 Å². The molecule has 0 spiro atoms. The number of hydrogen-bond donors (Lipinski definition) is 1. The van der Waals surface area contributed by atoms with Gasteiger partial charge in [0.2, 0.25) is 5.91 Å². The second-order valence-electron chi connectivity index (χ2n) is 11.6. The van der Waals surface area contributed by atoms with Crippen molar-refractivity contribution in [1.82, 2.24) is 15.1 Å². The zero-order valence-electron chi connectivity index (χ0n) is 22.9. The summed E-state index contributed by atoms with van der Waals surface area (Å²) in [6.45, 7) is 6.09. The van der Waals surface area contributed by atoms with Gasteiger partial charge in [-0.25, -0.2) is 14.0 Å². The number of ether oxygens (including phenoxy) is 1. The summed E-state index contributed by atoms with van der Waals surface area (Å²) in [4.78, 5) is 41.4. The van der Waals surface area contributed by atoms with E-state index in [2.05, 4.69) is 33.4 Å². The Kier molecular flexibility index (Phi) is 8.99. The largest absolute Gasteiger partial charge is 0.444 e. The molecule has 210 valence electrons. The molecule has 2 aliphatic rings. The molecule has 1 heterocycles. The minimum atomic E-state index is -0.621. The van der Waals surface area contributed by atoms with Crippen LogP contribution in [0.4, 0.5) is 14.0 Å². The molecule has 1 N–H and O–H groups in total. The normalized spacial score (nSPS) is 17.8. The quantitative estimate of drug-likeness (QED) is 0.384. The van der Waals surface area contributed by atoms with Crippen molar-refractivity contribution in [2.75, 3.05) is 13.1 Å². The van der Waals surface area contributed by atoms with Gasteiger partial charge < -0.3 is 15.0 Å². The molecule has 2 aromatic carbocycles. The van der Waals surface area contributed by atoms with E-state index in [1.54, 1.807) is 37.8 Å². The Morgan fingerprint density at radius 2 is 1.77 bits per heavy atom. The van der Waals surface area contributed by atoms with Crippen LogP contribution in [-0.2, 0) is 28.0 Å². The molecule has 0 unspecified atom stereocenters. The lowest BCUT2D eigenvalue weighted by Gasteiger charge is -2.43. The maximum absolute atomic E-state index is 15.0. The smallest absolute Gasteiger partial charge is 0.407 e. The van der Waals surface area contributed by atoms with Crippen LogP contribution in [-0.4, -0.2) is 46.5 Å². The molecule has 1 aliphatic heterocycles. The van der Waals surface area contributed by atoms with E-state index in [4.69, 9.17) is 4.74 Å². The number of nitrogens with one attached hydrogen (secondary N) is 1. The van der Waals surface area contributed by atoms with Gasteiger partial charge in [0, 0.05) is 41.5 Å². The van der Waals surface area contributed by atoms with E-state index in [0.29, 0.717) is 17.7 Å². The lowest BCUT2D eigenvalue weighted by Crippen LogP contribution is -2.56. The number of nitrogens with zero attached hydrogens (tertiary/aromatic N) is 2. The molecule has 9 heteroatoms. The first kappa shape index (κ1) is 29.1. The van der Waals surface area contributed by atoms with E-state index in [9.17, 15) is 14.4 Å². The minimum Gasteiger partial charge on any atom is -0.444 e. The van der Waals surface area contributed by atoms with Gasteiger partial charge >= 0.3 is 12.1 Å². The third-order valence-electron chi connectivity index (χ3n) is 7.44. The van der Waals surface area contributed by atoms with E-state index in [1.165, 1.54) is 11.0 Å². The molecular formula is C30H37BrFN3O4. The zero-order chi connectivity index (χ0) is 28.2. The van der Waals surface area contributed by atoms with Crippen LogP contribution >= 0.6 is 15.9 Å². The predicted octanol–water partition coefficient (Wildman–Crippen LogP) is 6.67. The van der Waals surface area contributed by atoms with Gasteiger partial charge in [0.25, 0.3) is 0 Å². The standard InChI is InChI=1S/C30H37BrFN3O4/c1-29(2,3)39-27(37)33-18-21-7-8-22(25(32)17-21)19-34-16-13-26(36)35(28(34)38)20-30(14-5-4-6-15-30)23-9-11-24(31)12-10-23/h7-12,17H,4-6,13-16,18-20H2,1-3H3,(H,33,37). The molecule has 1 saturated heterocycles. The molecular weight excluding hydrogens is 565 g/mol. The first-order chi connectivity index (χ1) is 18.5. The fourth-order valence-corrected chi connectivity index (χ4v) is 5.70. The van der Waals surface area contributed by atoms with Crippen molar-refractivity contribution < 1.29 is 23.5 Å². The van der Waals surface area contributed by atoms with Crippen LogP contribution in [0.1, 0.15) is 76.0 Å². The molecule has 1 aliphatic carbocycles. The van der Waals surface area contributed by atoms with Crippen LogP contribution < -0.4 is 5.32 Å². The number of amides is 4. The molecule has 4 amide bonds. The molecule has 0 atom stereocenters. The maximum Gasteiger partial charge on any atom is 0.407 e.